The van der Waals surface area contributed by atoms with Crippen molar-refractivity contribution < 1.29 is 13.6 Å². The highest BCUT2D eigenvalue weighted by Crippen LogP contribution is 2.43. The van der Waals surface area contributed by atoms with Crippen LogP contribution < -0.4 is 10.3 Å². The number of amides is 1. The molecule has 0 aliphatic carbocycles. The van der Waals surface area contributed by atoms with E-state index in [9.17, 15) is 14.0 Å². The van der Waals surface area contributed by atoms with Crippen molar-refractivity contribution in [2.75, 3.05) is 4.90 Å². The highest BCUT2D eigenvalue weighted by molar-refractivity contribution is 7.15. The van der Waals surface area contributed by atoms with Crippen molar-refractivity contribution in [1.29, 1.82) is 0 Å². The number of carbonyl (C=O) groups is 1. The van der Waals surface area contributed by atoms with Crippen LogP contribution in [0.3, 0.4) is 0 Å². The number of aromatic nitrogens is 1. The zero-order chi connectivity index (χ0) is 21.2. The molecule has 0 spiro atoms. The van der Waals surface area contributed by atoms with Crippen molar-refractivity contribution in [3.8, 4) is 0 Å². The van der Waals surface area contributed by atoms with E-state index in [4.69, 9.17) is 16.0 Å². The lowest BCUT2D eigenvalue weighted by molar-refractivity contribution is 0.0970. The molecule has 1 aliphatic rings. The van der Waals surface area contributed by atoms with Gasteiger partial charge in [-0.3, -0.25) is 14.5 Å². The van der Waals surface area contributed by atoms with Gasteiger partial charge in [0, 0.05) is 15.5 Å². The van der Waals surface area contributed by atoms with Crippen LogP contribution in [-0.2, 0) is 0 Å². The minimum absolute atomic E-state index is 0.0883. The predicted octanol–water partition coefficient (Wildman–Crippen LogP) is 5.41. The molecule has 3 heterocycles. The Balaban J connectivity index is 1.85. The third-order valence-electron chi connectivity index (χ3n) is 5.26. The highest BCUT2D eigenvalue weighted by atomic mass is 35.5. The number of hydrogen-bond donors (Lipinski definition) is 0. The zero-order valence-electron chi connectivity index (χ0n) is 15.9. The van der Waals surface area contributed by atoms with Crippen LogP contribution in [0.4, 0.5) is 9.52 Å². The van der Waals surface area contributed by atoms with Crippen LogP contribution in [0.1, 0.15) is 38.3 Å². The van der Waals surface area contributed by atoms with Gasteiger partial charge in [0.1, 0.15) is 17.4 Å². The van der Waals surface area contributed by atoms with Crippen molar-refractivity contribution in [2.45, 2.75) is 19.9 Å². The number of anilines is 1. The lowest BCUT2D eigenvalue weighted by Gasteiger charge is -2.22. The second-order valence-electron chi connectivity index (χ2n) is 7.05. The molecule has 2 aromatic carbocycles. The summed E-state index contributed by atoms with van der Waals surface area (Å²) in [4.78, 5) is 33.6. The minimum Gasteiger partial charge on any atom is -0.450 e. The molecule has 1 atom stereocenters. The maximum Gasteiger partial charge on any atom is 0.297 e. The molecule has 1 aliphatic heterocycles. The van der Waals surface area contributed by atoms with Gasteiger partial charge in [0.2, 0.25) is 5.76 Å². The van der Waals surface area contributed by atoms with Crippen LogP contribution in [0.2, 0.25) is 5.02 Å². The molecule has 0 radical (unpaired) electrons. The first-order valence-corrected chi connectivity index (χ1v) is 10.3. The Bertz CT molecular complexity index is 1390. The first-order chi connectivity index (χ1) is 14.4. The van der Waals surface area contributed by atoms with E-state index in [2.05, 4.69) is 4.98 Å². The summed E-state index contributed by atoms with van der Waals surface area (Å²) >= 11 is 7.38. The molecular weight excluding hydrogens is 427 g/mol. The molecule has 4 aromatic rings. The minimum atomic E-state index is -0.988. The van der Waals surface area contributed by atoms with Crippen molar-refractivity contribution in [1.82, 2.24) is 4.98 Å². The fourth-order valence-corrected chi connectivity index (χ4v) is 4.80. The van der Waals surface area contributed by atoms with Gasteiger partial charge in [0.15, 0.2) is 10.6 Å². The first-order valence-electron chi connectivity index (χ1n) is 9.15. The molecule has 0 N–H and O–H groups in total. The molecule has 2 aromatic heterocycles. The van der Waals surface area contributed by atoms with Crippen molar-refractivity contribution in [2.24, 2.45) is 0 Å². The third-order valence-corrected chi connectivity index (χ3v) is 6.56. The van der Waals surface area contributed by atoms with Crippen LogP contribution >= 0.6 is 22.9 Å². The highest BCUT2D eigenvalue weighted by Gasteiger charge is 2.45. The summed E-state index contributed by atoms with van der Waals surface area (Å²) in [6.07, 6.45) is 0. The van der Waals surface area contributed by atoms with Gasteiger partial charge in [-0.1, -0.05) is 29.8 Å². The van der Waals surface area contributed by atoms with Crippen molar-refractivity contribution >= 4 is 44.9 Å². The van der Waals surface area contributed by atoms with Crippen LogP contribution in [0.5, 0.6) is 0 Å². The summed E-state index contributed by atoms with van der Waals surface area (Å²) in [6, 6.07) is 9.71. The molecule has 1 amide bonds. The summed E-state index contributed by atoms with van der Waals surface area (Å²) in [5, 5.41) is 0.990. The van der Waals surface area contributed by atoms with E-state index in [-0.39, 0.29) is 27.9 Å². The Morgan fingerprint density at radius 2 is 1.93 bits per heavy atom. The Hall–Kier alpha value is -3.03. The molecule has 1 unspecified atom stereocenters. The predicted molar refractivity (Wildman–Crippen MR) is 114 cm³/mol. The summed E-state index contributed by atoms with van der Waals surface area (Å²) < 4.78 is 20.7. The number of fused-ring (bicyclic) bond motifs is 2. The molecule has 150 valence electrons. The fourth-order valence-electron chi connectivity index (χ4n) is 3.69. The second kappa shape index (κ2) is 6.75. The fraction of sp³-hybridized carbons (Fsp3) is 0.136. The van der Waals surface area contributed by atoms with E-state index >= 15 is 0 Å². The molecule has 5 nitrogen and oxygen atoms in total. The quantitative estimate of drug-likeness (QED) is 0.418. The normalized spacial score (nSPS) is 15.8. The van der Waals surface area contributed by atoms with E-state index in [0.29, 0.717) is 10.2 Å². The number of aryl methyl sites for hydroxylation is 2. The van der Waals surface area contributed by atoms with E-state index < -0.39 is 23.2 Å². The topological polar surface area (TPSA) is 63.4 Å². The van der Waals surface area contributed by atoms with Gasteiger partial charge in [0.05, 0.1) is 16.6 Å². The Labute approximate surface area is 179 Å². The lowest BCUT2D eigenvalue weighted by atomic mass is 9.98. The Morgan fingerprint density at radius 3 is 2.63 bits per heavy atom. The molecule has 0 bridgehead atoms. The second-order valence-corrected chi connectivity index (χ2v) is 8.67. The monoisotopic (exact) mass is 440 g/mol. The summed E-state index contributed by atoms with van der Waals surface area (Å²) in [5.74, 6) is -1.15. The van der Waals surface area contributed by atoms with Gasteiger partial charge in [-0.15, -0.1) is 11.3 Å². The Morgan fingerprint density at radius 1 is 1.17 bits per heavy atom. The summed E-state index contributed by atoms with van der Waals surface area (Å²) in [6.45, 7) is 3.73. The average Bonchev–Trinajstić information content (AvgIpc) is 3.19. The van der Waals surface area contributed by atoms with Gasteiger partial charge in [-0.05, 0) is 38.1 Å². The SMILES string of the molecule is Cc1nc(N2C(=O)c3oc4ccc(Cl)cc4c(=O)c3C2c2ccccc2F)sc1C. The molecule has 0 fully saturated rings. The molecule has 30 heavy (non-hydrogen) atoms. The largest absolute Gasteiger partial charge is 0.450 e. The van der Waals surface area contributed by atoms with Crippen LogP contribution in [0.25, 0.3) is 11.0 Å². The van der Waals surface area contributed by atoms with Gasteiger partial charge in [-0.25, -0.2) is 9.37 Å². The molecule has 5 rings (SSSR count). The first kappa shape index (κ1) is 19.0. The number of hydrogen-bond acceptors (Lipinski definition) is 5. The van der Waals surface area contributed by atoms with E-state index in [0.717, 1.165) is 10.6 Å². The van der Waals surface area contributed by atoms with Gasteiger partial charge >= 0.3 is 0 Å². The number of rotatable bonds is 2. The van der Waals surface area contributed by atoms with E-state index in [1.807, 2.05) is 13.8 Å². The standard InChI is InChI=1S/C22H14ClFN2O3S/c1-10-11(2)30-22(25-10)26-18(13-5-3-4-6-15(13)24)17-19(27)14-9-12(23)7-8-16(14)29-20(17)21(26)28/h3-9,18H,1-2H3. The van der Waals surface area contributed by atoms with Crippen LogP contribution in [-0.4, -0.2) is 10.9 Å². The zero-order valence-corrected chi connectivity index (χ0v) is 17.5. The van der Waals surface area contributed by atoms with E-state index in [1.165, 1.54) is 28.4 Å². The van der Waals surface area contributed by atoms with Crippen molar-refractivity contribution in [3.05, 3.63) is 91.0 Å². The third kappa shape index (κ3) is 2.69. The number of thiazole rings is 1. The van der Waals surface area contributed by atoms with E-state index in [1.54, 1.807) is 30.3 Å². The summed E-state index contributed by atoms with van der Waals surface area (Å²) in [5.41, 5.74) is 0.886. The lowest BCUT2D eigenvalue weighted by Crippen LogP contribution is -2.30. The molecule has 0 saturated carbocycles. The maximum absolute atomic E-state index is 14.8. The number of carbonyl (C=O) groups excluding carboxylic acids is 1. The molecule has 0 saturated heterocycles. The number of benzene rings is 2. The van der Waals surface area contributed by atoms with Gasteiger partial charge in [-0.2, -0.15) is 0 Å². The number of nitrogens with zero attached hydrogens (tertiary/aromatic N) is 2. The smallest absolute Gasteiger partial charge is 0.297 e. The molecule has 8 heteroatoms. The number of halogens is 2. The summed E-state index contributed by atoms with van der Waals surface area (Å²) in [7, 11) is 0. The van der Waals surface area contributed by atoms with Crippen LogP contribution in [0.15, 0.2) is 51.7 Å². The maximum atomic E-state index is 14.8. The van der Waals surface area contributed by atoms with Gasteiger partial charge in [0.25, 0.3) is 5.91 Å². The molecular formula is C22H14ClFN2O3S. The van der Waals surface area contributed by atoms with Gasteiger partial charge < -0.3 is 4.42 Å². The van der Waals surface area contributed by atoms with Crippen molar-refractivity contribution in [3.63, 3.8) is 0 Å². The van der Waals surface area contributed by atoms with Crippen LogP contribution in [0, 0.1) is 19.7 Å². The average molecular weight is 441 g/mol. The Kier molecular flexibility index (Phi) is 4.27.